The van der Waals surface area contributed by atoms with Crippen molar-refractivity contribution in [3.8, 4) is 11.5 Å². The molecule has 0 bridgehead atoms. The number of rotatable bonds is 23. The number of hydrogen-bond donors (Lipinski definition) is 2. The highest BCUT2D eigenvalue weighted by atomic mass is 17.2. The Hall–Kier alpha value is -3.62. The molecule has 1 fully saturated rings. The zero-order valence-electron chi connectivity index (χ0n) is 29.8. The topological polar surface area (TPSA) is 112 Å². The Morgan fingerprint density at radius 2 is 1.14 bits per heavy atom. The van der Waals surface area contributed by atoms with Gasteiger partial charge in [0.25, 0.3) is 0 Å². The van der Waals surface area contributed by atoms with E-state index in [-0.39, 0.29) is 17.9 Å². The van der Waals surface area contributed by atoms with Crippen molar-refractivity contribution < 1.29 is 39.1 Å². The van der Waals surface area contributed by atoms with Crippen LogP contribution in [0.4, 0.5) is 0 Å². The molecule has 2 N–H and O–H groups in total. The lowest BCUT2D eigenvalue weighted by atomic mass is 9.75. The molecule has 0 atom stereocenters. The molecule has 0 amide bonds. The van der Waals surface area contributed by atoms with Crippen LogP contribution in [-0.4, -0.2) is 42.2 Å². The first kappa shape index (κ1) is 39.8. The van der Waals surface area contributed by atoms with Crippen molar-refractivity contribution in [2.75, 3.05) is 20.0 Å². The SMILES string of the molecule is C=C(CO)C(=O)OCOc1ccc(C2CCC(c3ccc(OOC(=O)C(=C)CO)c(CCCCCCC)c3)CC2)cc1CCCCCCC. The smallest absolute Gasteiger partial charge is 0.383 e. The molecule has 2 aromatic carbocycles. The minimum Gasteiger partial charge on any atom is -0.457 e. The fourth-order valence-corrected chi connectivity index (χ4v) is 6.44. The third-order valence-corrected chi connectivity index (χ3v) is 9.51. The molecule has 0 unspecified atom stereocenters. The number of aryl methyl sites for hydroxylation is 2. The van der Waals surface area contributed by atoms with Crippen molar-refractivity contribution >= 4 is 11.9 Å². The van der Waals surface area contributed by atoms with Gasteiger partial charge in [0.15, 0.2) is 5.75 Å². The van der Waals surface area contributed by atoms with Crippen LogP contribution in [0.3, 0.4) is 0 Å². The van der Waals surface area contributed by atoms with Crippen LogP contribution in [0, 0.1) is 0 Å². The fraction of sp³-hybridized carbons (Fsp3) is 0.561. The van der Waals surface area contributed by atoms with Gasteiger partial charge in [-0.1, -0.05) is 103 Å². The molecule has 0 saturated heterocycles. The fourth-order valence-electron chi connectivity index (χ4n) is 6.44. The zero-order valence-corrected chi connectivity index (χ0v) is 29.8. The lowest BCUT2D eigenvalue weighted by Crippen LogP contribution is -2.15. The van der Waals surface area contributed by atoms with Crippen LogP contribution in [0.15, 0.2) is 60.7 Å². The number of hydrogen-bond acceptors (Lipinski definition) is 8. The van der Waals surface area contributed by atoms with Crippen LogP contribution < -0.4 is 9.62 Å². The largest absolute Gasteiger partial charge is 0.457 e. The number of ether oxygens (including phenoxy) is 2. The summed E-state index contributed by atoms with van der Waals surface area (Å²) in [6.45, 7) is 10.3. The summed E-state index contributed by atoms with van der Waals surface area (Å²) in [6, 6.07) is 12.6. The molecule has 1 aliphatic rings. The van der Waals surface area contributed by atoms with Crippen molar-refractivity contribution in [3.05, 3.63) is 83.0 Å². The van der Waals surface area contributed by atoms with E-state index in [1.807, 2.05) is 12.1 Å². The van der Waals surface area contributed by atoms with Crippen LogP contribution in [0.5, 0.6) is 11.5 Å². The number of aliphatic hydroxyl groups excluding tert-OH is 2. The van der Waals surface area contributed by atoms with Crippen LogP contribution in [0.1, 0.15) is 138 Å². The van der Waals surface area contributed by atoms with Gasteiger partial charge in [-0.25, -0.2) is 14.5 Å². The second-order valence-corrected chi connectivity index (χ2v) is 13.3. The number of benzene rings is 2. The molecule has 3 rings (SSSR count). The summed E-state index contributed by atoms with van der Waals surface area (Å²) in [4.78, 5) is 34.4. The molecule has 2 aromatic rings. The summed E-state index contributed by atoms with van der Waals surface area (Å²) in [5.74, 6) is 0.715. The number of aliphatic hydroxyl groups is 2. The van der Waals surface area contributed by atoms with E-state index in [0.29, 0.717) is 17.6 Å². The monoisotopic (exact) mass is 678 g/mol. The summed E-state index contributed by atoms with van der Waals surface area (Å²) in [7, 11) is 0. The van der Waals surface area contributed by atoms with Gasteiger partial charge in [0.1, 0.15) is 5.75 Å². The molecule has 0 radical (unpaired) electrons. The predicted molar refractivity (Wildman–Crippen MR) is 193 cm³/mol. The Bertz CT molecular complexity index is 1340. The van der Waals surface area contributed by atoms with Gasteiger partial charge >= 0.3 is 11.9 Å². The molecule has 49 heavy (non-hydrogen) atoms. The van der Waals surface area contributed by atoms with E-state index in [1.54, 1.807) is 0 Å². The van der Waals surface area contributed by atoms with E-state index in [1.165, 1.54) is 56.1 Å². The normalized spacial score (nSPS) is 15.8. The maximum Gasteiger partial charge on any atom is 0.383 e. The molecule has 0 heterocycles. The van der Waals surface area contributed by atoms with Gasteiger partial charge in [0.05, 0.1) is 24.4 Å². The Kier molecular flexibility index (Phi) is 18.0. The highest BCUT2D eigenvalue weighted by Crippen LogP contribution is 2.42. The molecule has 1 aliphatic carbocycles. The summed E-state index contributed by atoms with van der Waals surface area (Å²) in [6.07, 6.45) is 17.7. The zero-order chi connectivity index (χ0) is 35.4. The van der Waals surface area contributed by atoms with Crippen LogP contribution in [-0.2, 0) is 32.1 Å². The van der Waals surface area contributed by atoms with E-state index in [2.05, 4.69) is 51.3 Å². The third kappa shape index (κ3) is 13.3. The summed E-state index contributed by atoms with van der Waals surface area (Å²) >= 11 is 0. The van der Waals surface area contributed by atoms with Crippen molar-refractivity contribution in [2.24, 2.45) is 0 Å². The maximum atomic E-state index is 12.0. The molecule has 0 aliphatic heterocycles. The van der Waals surface area contributed by atoms with E-state index >= 15 is 0 Å². The highest BCUT2D eigenvalue weighted by molar-refractivity contribution is 5.88. The molecule has 270 valence electrons. The molecule has 0 aromatic heterocycles. The summed E-state index contributed by atoms with van der Waals surface area (Å²) in [5, 5.41) is 18.3. The minimum atomic E-state index is -0.772. The Morgan fingerprint density at radius 3 is 1.65 bits per heavy atom. The van der Waals surface area contributed by atoms with E-state index in [9.17, 15) is 14.7 Å². The lowest BCUT2D eigenvalue weighted by molar-refractivity contribution is -0.209. The molecular formula is C41H58O8. The molecule has 8 heteroatoms. The highest BCUT2D eigenvalue weighted by Gasteiger charge is 2.25. The van der Waals surface area contributed by atoms with E-state index in [4.69, 9.17) is 24.4 Å². The number of esters is 1. The number of carbonyl (C=O) groups excluding carboxylic acids is 2. The lowest BCUT2D eigenvalue weighted by Gasteiger charge is -2.30. The molecule has 1 saturated carbocycles. The Morgan fingerprint density at radius 1 is 0.673 bits per heavy atom. The first-order chi connectivity index (χ1) is 23.8. The van der Waals surface area contributed by atoms with Gasteiger partial charge in [-0.05, 0) is 97.6 Å². The van der Waals surface area contributed by atoms with Crippen molar-refractivity contribution in [2.45, 2.75) is 128 Å². The molecule has 8 nitrogen and oxygen atoms in total. The average molecular weight is 679 g/mol. The summed E-state index contributed by atoms with van der Waals surface area (Å²) in [5.41, 5.74) is 4.72. The first-order valence-corrected chi connectivity index (χ1v) is 18.3. The predicted octanol–water partition coefficient (Wildman–Crippen LogP) is 8.97. The van der Waals surface area contributed by atoms with Crippen LogP contribution in [0.2, 0.25) is 0 Å². The van der Waals surface area contributed by atoms with Gasteiger partial charge in [-0.3, -0.25) is 4.89 Å². The quantitative estimate of drug-likeness (QED) is 0.0299. The second kappa shape index (κ2) is 22.2. The van der Waals surface area contributed by atoms with Crippen molar-refractivity contribution in [1.29, 1.82) is 0 Å². The van der Waals surface area contributed by atoms with Crippen LogP contribution >= 0.6 is 0 Å². The number of carbonyl (C=O) groups is 2. The van der Waals surface area contributed by atoms with Crippen LogP contribution in [0.25, 0.3) is 0 Å². The van der Waals surface area contributed by atoms with Crippen molar-refractivity contribution in [1.82, 2.24) is 0 Å². The first-order valence-electron chi connectivity index (χ1n) is 18.3. The summed E-state index contributed by atoms with van der Waals surface area (Å²) < 4.78 is 11.0. The van der Waals surface area contributed by atoms with Crippen molar-refractivity contribution in [3.63, 3.8) is 0 Å². The number of unbranched alkanes of at least 4 members (excludes halogenated alkanes) is 8. The van der Waals surface area contributed by atoms with Gasteiger partial charge in [0.2, 0.25) is 6.79 Å². The molecule has 0 spiro atoms. The molecular weight excluding hydrogens is 620 g/mol. The second-order valence-electron chi connectivity index (χ2n) is 13.3. The van der Waals surface area contributed by atoms with Gasteiger partial charge in [-0.2, -0.15) is 0 Å². The van der Waals surface area contributed by atoms with Gasteiger partial charge in [0, 0.05) is 0 Å². The Balaban J connectivity index is 1.68. The van der Waals surface area contributed by atoms with E-state index in [0.717, 1.165) is 74.7 Å². The maximum absolute atomic E-state index is 12.0. The van der Waals surface area contributed by atoms with Gasteiger partial charge < -0.3 is 19.7 Å². The van der Waals surface area contributed by atoms with E-state index < -0.39 is 25.2 Å². The Labute approximate surface area is 293 Å². The standard InChI is InChI=1S/C41H58O8/c1-5-7-9-11-13-15-36-25-34(21-23-38(36)46-29-47-40(44)30(3)27-42)32-17-19-33(20-18-32)35-22-24-39(48-49-41(45)31(4)28-43)37(26-35)16-14-12-10-8-6-2/h21-26,32-33,42-43H,3-20,27-29H2,1-2H3. The average Bonchev–Trinajstić information content (AvgIpc) is 3.13. The van der Waals surface area contributed by atoms with Gasteiger partial charge in [-0.15, -0.1) is 0 Å². The third-order valence-electron chi connectivity index (χ3n) is 9.51. The minimum absolute atomic E-state index is 0.0000258.